The molecule has 0 radical (unpaired) electrons. The van der Waals surface area contributed by atoms with E-state index in [9.17, 15) is 57.4 Å². The topological polar surface area (TPSA) is 253 Å². The van der Waals surface area contributed by atoms with Crippen LogP contribution < -0.4 is 39.1 Å². The summed E-state index contributed by atoms with van der Waals surface area (Å²) < 4.78 is 43.0. The van der Waals surface area contributed by atoms with Gasteiger partial charge in [-0.2, -0.15) is 0 Å². The van der Waals surface area contributed by atoms with Gasteiger partial charge in [0.2, 0.25) is 0 Å². The third-order valence-corrected chi connectivity index (χ3v) is 13.9. The molecular weight excluding hydrogens is 644 g/mol. The molecule has 41 heavy (non-hydrogen) atoms. The number of unbranched alkanes of at least 4 members (excludes halogenated alkanes) is 16. The molecule has 0 N–H and O–H groups in total. The van der Waals surface area contributed by atoms with Crippen molar-refractivity contribution in [1.82, 2.24) is 0 Å². The van der Waals surface area contributed by atoms with Crippen molar-refractivity contribution in [2.75, 3.05) is 0 Å². The summed E-state index contributed by atoms with van der Waals surface area (Å²) >= 11 is 0. The predicted molar refractivity (Wildman–Crippen MR) is 147 cm³/mol. The van der Waals surface area contributed by atoms with E-state index < -0.39 is 41.2 Å². The molecule has 244 valence electrons. The molecule has 0 amide bonds. The Morgan fingerprint density at radius 3 is 0.707 bits per heavy atom. The van der Waals surface area contributed by atoms with Crippen LogP contribution in [0.5, 0.6) is 0 Å². The van der Waals surface area contributed by atoms with Crippen LogP contribution in [0.15, 0.2) is 0 Å². The predicted octanol–water partition coefficient (Wildman–Crippen LogP) is 1.74. The zero-order chi connectivity index (χ0) is 31.3. The third kappa shape index (κ3) is 29.0. The zero-order valence-electron chi connectivity index (χ0n) is 24.7. The van der Waals surface area contributed by atoms with Gasteiger partial charge < -0.3 is 57.4 Å². The molecule has 0 saturated carbocycles. The van der Waals surface area contributed by atoms with E-state index in [1.54, 1.807) is 0 Å². The van der Waals surface area contributed by atoms with Crippen LogP contribution in [0.3, 0.4) is 0 Å². The summed E-state index contributed by atoms with van der Waals surface area (Å²) in [6.07, 6.45) is 16.7. The van der Waals surface area contributed by atoms with E-state index in [2.05, 4.69) is 13.8 Å². The average molecular weight is 693 g/mol. The van der Waals surface area contributed by atoms with Crippen LogP contribution in [0.1, 0.15) is 142 Å². The Kier molecular flexibility index (Phi) is 30.0. The van der Waals surface area contributed by atoms with Gasteiger partial charge in [0.05, 0.1) is 0 Å². The molecule has 0 aliphatic heterocycles. The van der Waals surface area contributed by atoms with E-state index in [4.69, 9.17) is 0 Å². The van der Waals surface area contributed by atoms with Crippen LogP contribution in [0.25, 0.3) is 0 Å². The van der Waals surface area contributed by atoms with Gasteiger partial charge >= 0.3 is 37.7 Å². The summed E-state index contributed by atoms with van der Waals surface area (Å²) in [6.45, 7) is 4.29. The molecule has 0 aliphatic rings. The Balaban J connectivity index is -0.000000688. The Hall–Kier alpha value is 1.86. The zero-order valence-corrected chi connectivity index (χ0v) is 30.5. The summed E-state index contributed by atoms with van der Waals surface area (Å²) in [4.78, 5) is 86.0. The number of hydrogen-bond acceptors (Lipinski definition) is 12. The SMILES string of the molecule is CCCCCCCCCCCC(P(=O)([O-])[O-])P(=O)([O-])[O-].CCCCCCCCCCCC(P(=O)([O-])[O-])P(=O)([O-])[O-].[Ca+2]. The van der Waals surface area contributed by atoms with Crippen molar-refractivity contribution in [3.63, 3.8) is 0 Å². The summed E-state index contributed by atoms with van der Waals surface area (Å²) in [5.74, 6) is 0. The second-order valence-corrected chi connectivity index (χ2v) is 18.0. The van der Waals surface area contributed by atoms with Crippen molar-refractivity contribution in [2.45, 2.75) is 153 Å². The van der Waals surface area contributed by atoms with E-state index in [0.717, 1.165) is 38.5 Å². The first-order valence-corrected chi connectivity index (χ1v) is 20.9. The largest absolute Gasteiger partial charge is 2.00 e. The van der Waals surface area contributed by atoms with Crippen LogP contribution in [-0.4, -0.2) is 48.5 Å². The van der Waals surface area contributed by atoms with Gasteiger partial charge in [-0.15, -0.1) is 0 Å². The van der Waals surface area contributed by atoms with Gasteiger partial charge in [0.15, 0.2) is 0 Å². The van der Waals surface area contributed by atoms with Crippen LogP contribution >= 0.6 is 30.4 Å². The normalized spacial score (nSPS) is 12.8. The minimum Gasteiger partial charge on any atom is -0.810 e. The van der Waals surface area contributed by atoms with E-state index in [1.807, 2.05) is 0 Å². The molecule has 0 bridgehead atoms. The van der Waals surface area contributed by atoms with Crippen LogP contribution in [-0.2, 0) is 18.3 Å². The van der Waals surface area contributed by atoms with Crippen molar-refractivity contribution in [2.24, 2.45) is 0 Å². The van der Waals surface area contributed by atoms with E-state index in [-0.39, 0.29) is 63.4 Å². The molecule has 0 rings (SSSR count). The Morgan fingerprint density at radius 2 is 0.537 bits per heavy atom. The maximum absolute atomic E-state index is 10.7. The molecule has 0 aliphatic carbocycles. The van der Waals surface area contributed by atoms with E-state index in [1.165, 1.54) is 51.4 Å². The molecule has 0 fully saturated rings. The molecule has 17 heteroatoms. The molecule has 0 atom stereocenters. The van der Waals surface area contributed by atoms with Gasteiger partial charge in [0, 0.05) is 10.8 Å². The number of rotatable bonds is 24. The van der Waals surface area contributed by atoms with Gasteiger partial charge in [-0.05, 0) is 12.8 Å². The van der Waals surface area contributed by atoms with Crippen molar-refractivity contribution in [3.05, 3.63) is 0 Å². The van der Waals surface area contributed by atoms with Crippen molar-refractivity contribution >= 4 is 68.1 Å². The smallest absolute Gasteiger partial charge is 0.810 e. The van der Waals surface area contributed by atoms with Crippen LogP contribution in [0, 0.1) is 0 Å². The maximum Gasteiger partial charge on any atom is 2.00 e. The first-order valence-electron chi connectivity index (χ1n) is 14.5. The fourth-order valence-corrected chi connectivity index (χ4v) is 9.02. The van der Waals surface area contributed by atoms with Gasteiger partial charge in [0.1, 0.15) is 0 Å². The van der Waals surface area contributed by atoms with E-state index in [0.29, 0.717) is 12.8 Å². The Bertz CT molecular complexity index is 698. The minimum absolute atomic E-state index is 0. The van der Waals surface area contributed by atoms with Crippen molar-refractivity contribution < 1.29 is 57.4 Å². The van der Waals surface area contributed by atoms with Crippen molar-refractivity contribution in [3.8, 4) is 0 Å². The molecule has 0 spiro atoms. The second kappa shape index (κ2) is 26.0. The molecular formula is C24H48CaO12P4-6. The van der Waals surface area contributed by atoms with Gasteiger partial charge in [-0.25, -0.2) is 0 Å². The minimum atomic E-state index is -5.36. The molecule has 0 unspecified atom stereocenters. The molecule has 0 saturated heterocycles. The molecule has 0 aromatic heterocycles. The fourth-order valence-electron chi connectivity index (χ4n) is 4.25. The first kappa shape index (κ1) is 47.3. The standard InChI is InChI=1S/2C12H28O6P2.Ca/c2*1-2-3-4-5-6-7-8-9-10-11-12(19(13,14)15)20(16,17)18;/h2*12H,2-11H2,1H3,(H2,13,14,15)(H2,16,17,18);/q;;+2/p-8. The average Bonchev–Trinajstić information content (AvgIpc) is 2.78. The molecule has 0 aromatic carbocycles. The van der Waals surface area contributed by atoms with Crippen LogP contribution in [0.2, 0.25) is 0 Å². The van der Waals surface area contributed by atoms with Crippen LogP contribution in [0.4, 0.5) is 0 Å². The second-order valence-electron chi connectivity index (χ2n) is 10.4. The summed E-state index contributed by atoms with van der Waals surface area (Å²) in [6, 6.07) is 0. The van der Waals surface area contributed by atoms with Gasteiger partial charge in [-0.3, -0.25) is 0 Å². The Labute approximate surface area is 276 Å². The fraction of sp³-hybridized carbons (Fsp3) is 1.00. The Morgan fingerprint density at radius 1 is 0.366 bits per heavy atom. The van der Waals surface area contributed by atoms with Crippen molar-refractivity contribution in [1.29, 1.82) is 0 Å². The summed E-state index contributed by atoms with van der Waals surface area (Å²) in [5, 5.41) is -4.56. The maximum atomic E-state index is 10.7. The monoisotopic (exact) mass is 692 g/mol. The van der Waals surface area contributed by atoms with E-state index >= 15 is 0 Å². The summed E-state index contributed by atoms with van der Waals surface area (Å²) in [7, 11) is -21.4. The molecule has 0 aromatic rings. The molecule has 0 heterocycles. The quantitative estimate of drug-likeness (QED) is 0.0796. The first-order chi connectivity index (χ1) is 18.4. The van der Waals surface area contributed by atoms with Gasteiger partial charge in [-0.1, -0.05) is 160 Å². The third-order valence-electron chi connectivity index (χ3n) is 6.59. The van der Waals surface area contributed by atoms with Gasteiger partial charge in [0.25, 0.3) is 0 Å². The molecule has 12 nitrogen and oxygen atoms in total. The summed E-state index contributed by atoms with van der Waals surface area (Å²) in [5.41, 5.74) is 0. The number of hydrogen-bond donors (Lipinski definition) is 0.